The Kier molecular flexibility index (Phi) is 4.59. The van der Waals surface area contributed by atoms with E-state index in [9.17, 15) is 0 Å². The molecule has 3 aromatic carbocycles. The average molecular weight is 407 g/mol. The maximum Gasteiger partial charge on any atom is 0.183 e. The number of ether oxygens (including phenoxy) is 1. The number of nitrogen functional groups attached to an aromatic ring is 1. The van der Waals surface area contributed by atoms with Crippen LogP contribution < -0.4 is 10.5 Å². The third kappa shape index (κ3) is 3.00. The van der Waals surface area contributed by atoms with Gasteiger partial charge in [0, 0.05) is 0 Å². The largest absolute Gasteiger partial charge is 0.497 e. The van der Waals surface area contributed by atoms with E-state index in [4.69, 9.17) is 15.5 Å². The van der Waals surface area contributed by atoms with Crippen LogP contribution >= 0.6 is 0 Å². The first-order valence-corrected chi connectivity index (χ1v) is 9.95. The van der Waals surface area contributed by atoms with Crippen molar-refractivity contribution in [2.45, 2.75) is 5.41 Å². The Morgan fingerprint density at radius 2 is 1.35 bits per heavy atom. The summed E-state index contributed by atoms with van der Waals surface area (Å²) < 4.78 is 5.40. The van der Waals surface area contributed by atoms with Crippen molar-refractivity contribution in [3.63, 3.8) is 0 Å². The normalized spacial score (nSPS) is 11.5. The van der Waals surface area contributed by atoms with Gasteiger partial charge in [-0.1, -0.05) is 72.8 Å². The minimum absolute atomic E-state index is 0.369. The molecule has 0 spiro atoms. The van der Waals surface area contributed by atoms with Gasteiger partial charge in [0.2, 0.25) is 0 Å². The van der Waals surface area contributed by atoms with Gasteiger partial charge in [-0.2, -0.15) is 0 Å². The van der Waals surface area contributed by atoms with Crippen LogP contribution in [0.5, 0.6) is 5.75 Å². The molecule has 31 heavy (non-hydrogen) atoms. The Labute approximate surface area is 179 Å². The molecule has 6 heteroatoms. The van der Waals surface area contributed by atoms with Gasteiger partial charge in [0.1, 0.15) is 28.8 Å². The van der Waals surface area contributed by atoms with E-state index in [-0.39, 0.29) is 0 Å². The van der Waals surface area contributed by atoms with Crippen molar-refractivity contribution in [1.82, 2.24) is 19.9 Å². The fourth-order valence-corrected chi connectivity index (χ4v) is 4.15. The lowest BCUT2D eigenvalue weighted by Crippen LogP contribution is -2.32. The summed E-state index contributed by atoms with van der Waals surface area (Å²) in [6.45, 7) is 0. The number of anilines is 1. The molecule has 0 aliphatic carbocycles. The quantitative estimate of drug-likeness (QED) is 0.423. The molecule has 0 bridgehead atoms. The number of aromatic nitrogens is 4. The summed E-state index contributed by atoms with van der Waals surface area (Å²) in [7, 11) is 1.66. The molecule has 0 saturated carbocycles. The summed E-state index contributed by atoms with van der Waals surface area (Å²) >= 11 is 0. The second kappa shape index (κ2) is 7.57. The summed E-state index contributed by atoms with van der Waals surface area (Å²) in [6, 6.07) is 28.7. The number of methoxy groups -OCH3 is 1. The molecule has 0 atom stereocenters. The van der Waals surface area contributed by atoms with E-state index < -0.39 is 5.41 Å². The fourth-order valence-electron chi connectivity index (χ4n) is 4.15. The summed E-state index contributed by atoms with van der Waals surface area (Å²) in [6.07, 6.45) is 1.43. The molecule has 2 heterocycles. The first-order chi connectivity index (χ1) is 15.2. The van der Waals surface area contributed by atoms with Gasteiger partial charge in [0.15, 0.2) is 11.5 Å². The van der Waals surface area contributed by atoms with E-state index in [0.717, 1.165) is 28.3 Å². The lowest BCUT2D eigenvalue weighted by Gasteiger charge is -2.34. The van der Waals surface area contributed by atoms with E-state index in [0.29, 0.717) is 17.0 Å². The Bertz CT molecular complexity index is 1280. The standard InChI is InChI=1S/C25H21N5O/c1-31-20-14-12-19(13-15-20)25(17-8-4-2-5-9-17,18-10-6-3-7-11-18)24-29-21-22(26)27-16-28-23(21)30-24/h2-16H,1H3,(H3,26,27,28,29,30). The Balaban J connectivity index is 1.90. The van der Waals surface area contributed by atoms with Crippen molar-refractivity contribution < 1.29 is 4.74 Å². The van der Waals surface area contributed by atoms with E-state index in [1.54, 1.807) is 7.11 Å². The molecule has 0 aliphatic rings. The van der Waals surface area contributed by atoms with Gasteiger partial charge < -0.3 is 15.5 Å². The zero-order valence-electron chi connectivity index (χ0n) is 17.0. The van der Waals surface area contributed by atoms with Crippen LogP contribution in [0.1, 0.15) is 22.5 Å². The topological polar surface area (TPSA) is 89.7 Å². The van der Waals surface area contributed by atoms with E-state index in [2.05, 4.69) is 51.4 Å². The maximum absolute atomic E-state index is 6.13. The molecule has 0 amide bonds. The number of imidazole rings is 1. The van der Waals surface area contributed by atoms with Gasteiger partial charge in [0.25, 0.3) is 0 Å². The molecular weight excluding hydrogens is 386 g/mol. The monoisotopic (exact) mass is 407 g/mol. The van der Waals surface area contributed by atoms with Gasteiger partial charge >= 0.3 is 0 Å². The number of H-pyrrole nitrogens is 1. The van der Waals surface area contributed by atoms with Crippen LogP contribution in [0.25, 0.3) is 11.2 Å². The molecule has 5 aromatic rings. The maximum atomic E-state index is 6.13. The highest BCUT2D eigenvalue weighted by Gasteiger charge is 2.41. The van der Waals surface area contributed by atoms with E-state index >= 15 is 0 Å². The van der Waals surface area contributed by atoms with Crippen molar-refractivity contribution in [2.24, 2.45) is 0 Å². The second-order valence-corrected chi connectivity index (χ2v) is 7.25. The number of nitrogens with two attached hydrogens (primary N) is 1. The summed E-state index contributed by atoms with van der Waals surface area (Å²) in [5.74, 6) is 1.88. The highest BCUT2D eigenvalue weighted by molar-refractivity contribution is 5.82. The number of hydrogen-bond donors (Lipinski definition) is 2. The first-order valence-electron chi connectivity index (χ1n) is 9.95. The highest BCUT2D eigenvalue weighted by Crippen LogP contribution is 2.44. The highest BCUT2D eigenvalue weighted by atomic mass is 16.5. The van der Waals surface area contributed by atoms with Gasteiger partial charge in [-0.25, -0.2) is 15.0 Å². The van der Waals surface area contributed by atoms with E-state index in [1.165, 1.54) is 6.33 Å². The van der Waals surface area contributed by atoms with Crippen LogP contribution in [-0.4, -0.2) is 27.0 Å². The van der Waals surface area contributed by atoms with Crippen molar-refractivity contribution >= 4 is 17.0 Å². The Hall–Kier alpha value is -4.19. The minimum atomic E-state index is -0.720. The third-order valence-corrected chi connectivity index (χ3v) is 5.61. The van der Waals surface area contributed by atoms with Crippen LogP contribution in [0.3, 0.4) is 0 Å². The van der Waals surface area contributed by atoms with Crippen molar-refractivity contribution in [3.05, 3.63) is 114 Å². The Morgan fingerprint density at radius 3 is 1.90 bits per heavy atom. The van der Waals surface area contributed by atoms with Gasteiger partial charge in [0.05, 0.1) is 7.11 Å². The third-order valence-electron chi connectivity index (χ3n) is 5.61. The van der Waals surface area contributed by atoms with Crippen molar-refractivity contribution in [2.75, 3.05) is 12.8 Å². The van der Waals surface area contributed by atoms with Gasteiger partial charge in [-0.3, -0.25) is 0 Å². The molecule has 0 unspecified atom stereocenters. The lowest BCUT2D eigenvalue weighted by molar-refractivity contribution is 0.414. The molecule has 5 rings (SSSR count). The van der Waals surface area contributed by atoms with Crippen LogP contribution in [0, 0.1) is 0 Å². The van der Waals surface area contributed by atoms with E-state index in [1.807, 2.05) is 48.5 Å². The number of benzene rings is 3. The molecule has 0 saturated heterocycles. The van der Waals surface area contributed by atoms with Crippen molar-refractivity contribution in [1.29, 1.82) is 0 Å². The molecule has 0 fully saturated rings. The molecule has 3 N–H and O–H groups in total. The summed E-state index contributed by atoms with van der Waals surface area (Å²) in [4.78, 5) is 16.8. The Morgan fingerprint density at radius 1 is 0.774 bits per heavy atom. The molecular formula is C25H21N5O. The molecule has 0 radical (unpaired) electrons. The van der Waals surface area contributed by atoms with Gasteiger partial charge in [-0.05, 0) is 28.8 Å². The average Bonchev–Trinajstić information content (AvgIpc) is 3.27. The number of fused-ring (bicyclic) bond motifs is 1. The zero-order valence-corrected chi connectivity index (χ0v) is 17.0. The van der Waals surface area contributed by atoms with Crippen LogP contribution in [0.2, 0.25) is 0 Å². The second-order valence-electron chi connectivity index (χ2n) is 7.25. The van der Waals surface area contributed by atoms with Crippen LogP contribution in [0.4, 0.5) is 5.82 Å². The molecule has 2 aromatic heterocycles. The number of aromatic amines is 1. The lowest BCUT2D eigenvalue weighted by atomic mass is 9.69. The minimum Gasteiger partial charge on any atom is -0.497 e. The smallest absolute Gasteiger partial charge is 0.183 e. The SMILES string of the molecule is COc1ccc(C(c2ccccc2)(c2ccccc2)c2nc3ncnc(N)c3[nH]2)cc1. The van der Waals surface area contributed by atoms with Crippen LogP contribution in [0.15, 0.2) is 91.3 Å². The summed E-state index contributed by atoms with van der Waals surface area (Å²) in [5.41, 5.74) is 9.74. The molecule has 152 valence electrons. The molecule has 0 aliphatic heterocycles. The predicted octanol–water partition coefficient (Wildman–Crippen LogP) is 4.33. The number of hydrogen-bond acceptors (Lipinski definition) is 5. The van der Waals surface area contributed by atoms with Crippen LogP contribution in [-0.2, 0) is 5.41 Å². The first kappa shape index (κ1) is 18.8. The molecule has 6 nitrogen and oxygen atoms in total. The summed E-state index contributed by atoms with van der Waals surface area (Å²) in [5, 5.41) is 0. The van der Waals surface area contributed by atoms with Gasteiger partial charge in [-0.15, -0.1) is 0 Å². The number of rotatable bonds is 5. The predicted molar refractivity (Wildman–Crippen MR) is 121 cm³/mol. The van der Waals surface area contributed by atoms with Crippen molar-refractivity contribution in [3.8, 4) is 5.75 Å². The number of nitrogens with zero attached hydrogens (tertiary/aromatic N) is 3. The zero-order chi connectivity index (χ0) is 21.3. The fraction of sp³-hybridized carbons (Fsp3) is 0.0800. The number of nitrogens with one attached hydrogen (secondary N) is 1.